The van der Waals surface area contributed by atoms with Crippen molar-refractivity contribution < 1.29 is 4.74 Å². The fourth-order valence-electron chi connectivity index (χ4n) is 1.13. The lowest BCUT2D eigenvalue weighted by molar-refractivity contribution is 0.167. The molecule has 0 spiro atoms. The van der Waals surface area contributed by atoms with Gasteiger partial charge >= 0.3 is 0 Å². The Morgan fingerprint density at radius 2 is 2.38 bits per heavy atom. The Bertz CT molecular complexity index is 268. The Kier molecular flexibility index (Phi) is 4.18. The van der Waals surface area contributed by atoms with Gasteiger partial charge in [0, 0.05) is 12.1 Å². The van der Waals surface area contributed by atoms with E-state index >= 15 is 0 Å². The molecule has 0 aliphatic carbocycles. The largest absolute Gasteiger partial charge is 0.383 e. The number of nitrogens with two attached hydrogens (primary N) is 1. The van der Waals surface area contributed by atoms with Crippen molar-refractivity contribution in [1.29, 1.82) is 0 Å². The molecule has 0 saturated heterocycles. The Labute approximate surface area is 82.8 Å². The summed E-state index contributed by atoms with van der Waals surface area (Å²) in [5.41, 5.74) is 3.69. The van der Waals surface area contributed by atoms with Crippen LogP contribution in [-0.2, 0) is 4.74 Å². The molecule has 1 atom stereocenters. The van der Waals surface area contributed by atoms with Gasteiger partial charge in [-0.3, -0.25) is 11.3 Å². The number of hydrogen-bond acceptors (Lipinski definition) is 3. The van der Waals surface area contributed by atoms with Crippen LogP contribution < -0.4 is 11.3 Å². The van der Waals surface area contributed by atoms with Crippen LogP contribution in [0.15, 0.2) is 24.3 Å². The van der Waals surface area contributed by atoms with Gasteiger partial charge in [0.15, 0.2) is 0 Å². The van der Waals surface area contributed by atoms with Gasteiger partial charge in [0.25, 0.3) is 0 Å². The van der Waals surface area contributed by atoms with Gasteiger partial charge in [0.2, 0.25) is 0 Å². The molecule has 0 amide bonds. The van der Waals surface area contributed by atoms with Gasteiger partial charge in [-0.15, -0.1) is 0 Å². The third-order valence-electron chi connectivity index (χ3n) is 1.79. The highest BCUT2D eigenvalue weighted by atomic mass is 35.5. The summed E-state index contributed by atoms with van der Waals surface area (Å²) in [6, 6.07) is 7.52. The van der Waals surface area contributed by atoms with E-state index in [2.05, 4.69) is 5.43 Å². The van der Waals surface area contributed by atoms with Crippen LogP contribution in [0.5, 0.6) is 0 Å². The second-order valence-electron chi connectivity index (χ2n) is 2.73. The topological polar surface area (TPSA) is 47.3 Å². The van der Waals surface area contributed by atoms with E-state index in [9.17, 15) is 0 Å². The molecule has 3 nitrogen and oxygen atoms in total. The van der Waals surface area contributed by atoms with Gasteiger partial charge in [-0.05, 0) is 17.7 Å². The molecule has 3 N–H and O–H groups in total. The summed E-state index contributed by atoms with van der Waals surface area (Å²) in [6.45, 7) is 0.525. The van der Waals surface area contributed by atoms with E-state index in [0.29, 0.717) is 11.6 Å². The van der Waals surface area contributed by atoms with Crippen molar-refractivity contribution in [3.8, 4) is 0 Å². The van der Waals surface area contributed by atoms with Gasteiger partial charge in [-0.1, -0.05) is 23.7 Å². The number of methoxy groups -OCH3 is 1. The maximum atomic E-state index is 5.84. The van der Waals surface area contributed by atoms with Gasteiger partial charge in [-0.2, -0.15) is 0 Å². The molecule has 1 aromatic carbocycles. The van der Waals surface area contributed by atoms with Crippen LogP contribution in [0.2, 0.25) is 5.02 Å². The van der Waals surface area contributed by atoms with Crippen molar-refractivity contribution in [3.63, 3.8) is 0 Å². The van der Waals surface area contributed by atoms with Gasteiger partial charge in [0.05, 0.1) is 12.6 Å². The molecule has 72 valence electrons. The first kappa shape index (κ1) is 10.5. The number of nitrogens with one attached hydrogen (secondary N) is 1. The highest BCUT2D eigenvalue weighted by Gasteiger charge is 2.08. The molecule has 4 heteroatoms. The quantitative estimate of drug-likeness (QED) is 0.572. The molecule has 0 fully saturated rings. The second-order valence-corrected chi connectivity index (χ2v) is 3.17. The molecule has 0 radical (unpaired) electrons. The minimum Gasteiger partial charge on any atom is -0.383 e. The van der Waals surface area contributed by atoms with E-state index in [1.54, 1.807) is 7.11 Å². The SMILES string of the molecule is COCC(NN)c1cccc(Cl)c1. The molecule has 0 aliphatic heterocycles. The molecule has 0 saturated carbocycles. The summed E-state index contributed by atoms with van der Waals surface area (Å²) in [6.07, 6.45) is 0. The van der Waals surface area contributed by atoms with E-state index in [1.807, 2.05) is 24.3 Å². The minimum absolute atomic E-state index is 0.0105. The number of hydrogen-bond donors (Lipinski definition) is 2. The maximum absolute atomic E-state index is 5.84. The third-order valence-corrected chi connectivity index (χ3v) is 2.02. The van der Waals surface area contributed by atoms with Gasteiger partial charge < -0.3 is 4.74 Å². The average molecular weight is 201 g/mol. The Hall–Kier alpha value is -0.610. The van der Waals surface area contributed by atoms with Crippen LogP contribution in [0.25, 0.3) is 0 Å². The number of ether oxygens (including phenoxy) is 1. The van der Waals surface area contributed by atoms with Crippen molar-refractivity contribution in [2.24, 2.45) is 5.84 Å². The molecule has 1 unspecified atom stereocenters. The summed E-state index contributed by atoms with van der Waals surface area (Å²) in [5, 5.41) is 0.703. The van der Waals surface area contributed by atoms with Crippen molar-refractivity contribution >= 4 is 11.6 Å². The zero-order valence-electron chi connectivity index (χ0n) is 7.46. The van der Waals surface area contributed by atoms with Crippen LogP contribution >= 0.6 is 11.6 Å². The summed E-state index contributed by atoms with van der Waals surface area (Å²) in [5.74, 6) is 5.37. The van der Waals surface area contributed by atoms with E-state index in [4.69, 9.17) is 22.2 Å². The van der Waals surface area contributed by atoms with Crippen LogP contribution in [0.1, 0.15) is 11.6 Å². The first-order valence-electron chi connectivity index (χ1n) is 3.98. The predicted molar refractivity (Wildman–Crippen MR) is 53.4 cm³/mol. The average Bonchev–Trinajstić information content (AvgIpc) is 2.14. The standard InChI is InChI=1S/C9H13ClN2O/c1-13-6-9(12-11)7-3-2-4-8(10)5-7/h2-5,9,12H,6,11H2,1H3. The summed E-state index contributed by atoms with van der Waals surface area (Å²) in [4.78, 5) is 0. The molecule has 1 rings (SSSR count). The Morgan fingerprint density at radius 3 is 2.92 bits per heavy atom. The fraction of sp³-hybridized carbons (Fsp3) is 0.333. The zero-order chi connectivity index (χ0) is 9.68. The Balaban J connectivity index is 2.78. The molecule has 0 bridgehead atoms. The summed E-state index contributed by atoms with van der Waals surface area (Å²) < 4.78 is 5.00. The lowest BCUT2D eigenvalue weighted by atomic mass is 10.1. The summed E-state index contributed by atoms with van der Waals surface area (Å²) in [7, 11) is 1.63. The van der Waals surface area contributed by atoms with Gasteiger partial charge in [-0.25, -0.2) is 0 Å². The predicted octanol–water partition coefficient (Wildman–Crippen LogP) is 1.49. The number of halogens is 1. The van der Waals surface area contributed by atoms with Gasteiger partial charge in [0.1, 0.15) is 0 Å². The molecule has 0 aliphatic rings. The van der Waals surface area contributed by atoms with Crippen LogP contribution in [-0.4, -0.2) is 13.7 Å². The number of hydrazine groups is 1. The number of benzene rings is 1. The van der Waals surface area contributed by atoms with Crippen molar-refractivity contribution in [1.82, 2.24) is 5.43 Å². The fourth-order valence-corrected chi connectivity index (χ4v) is 1.33. The van der Waals surface area contributed by atoms with Crippen molar-refractivity contribution in [3.05, 3.63) is 34.9 Å². The van der Waals surface area contributed by atoms with Crippen LogP contribution in [0, 0.1) is 0 Å². The van der Waals surface area contributed by atoms with E-state index in [1.165, 1.54) is 0 Å². The van der Waals surface area contributed by atoms with E-state index in [-0.39, 0.29) is 6.04 Å². The molecule has 0 aromatic heterocycles. The molecule has 0 heterocycles. The lowest BCUT2D eigenvalue weighted by Crippen LogP contribution is -2.31. The first-order chi connectivity index (χ1) is 6.27. The first-order valence-corrected chi connectivity index (χ1v) is 4.36. The van der Waals surface area contributed by atoms with Crippen molar-refractivity contribution in [2.45, 2.75) is 6.04 Å². The van der Waals surface area contributed by atoms with E-state index < -0.39 is 0 Å². The second kappa shape index (κ2) is 5.19. The highest BCUT2D eigenvalue weighted by molar-refractivity contribution is 6.30. The maximum Gasteiger partial charge on any atom is 0.0694 e. The molecule has 1 aromatic rings. The summed E-state index contributed by atoms with van der Waals surface area (Å²) >= 11 is 5.84. The third kappa shape index (κ3) is 2.97. The molecular formula is C9H13ClN2O. The lowest BCUT2D eigenvalue weighted by Gasteiger charge is -2.14. The number of rotatable bonds is 4. The normalized spacial score (nSPS) is 12.8. The van der Waals surface area contributed by atoms with Crippen molar-refractivity contribution in [2.75, 3.05) is 13.7 Å². The molecular weight excluding hydrogens is 188 g/mol. The van der Waals surface area contributed by atoms with Crippen LogP contribution in [0.3, 0.4) is 0 Å². The highest BCUT2D eigenvalue weighted by Crippen LogP contribution is 2.17. The molecule has 13 heavy (non-hydrogen) atoms. The monoisotopic (exact) mass is 200 g/mol. The van der Waals surface area contributed by atoms with Crippen LogP contribution in [0.4, 0.5) is 0 Å². The minimum atomic E-state index is -0.0105. The smallest absolute Gasteiger partial charge is 0.0694 e. The Morgan fingerprint density at radius 1 is 1.62 bits per heavy atom. The zero-order valence-corrected chi connectivity index (χ0v) is 8.21. The van der Waals surface area contributed by atoms with E-state index in [0.717, 1.165) is 5.56 Å².